The van der Waals surface area contributed by atoms with Gasteiger partial charge in [0.15, 0.2) is 11.5 Å². The number of hydrogen-bond acceptors (Lipinski definition) is 10. The number of aliphatic hydroxyl groups excluding tert-OH is 2. The lowest BCUT2D eigenvalue weighted by atomic mass is 10.0. The maximum Gasteiger partial charge on any atom is 0.330 e. The van der Waals surface area contributed by atoms with Crippen LogP contribution < -0.4 is 9.47 Å². The van der Waals surface area contributed by atoms with Crippen molar-refractivity contribution in [2.45, 2.75) is 57.8 Å². The van der Waals surface area contributed by atoms with Crippen LogP contribution >= 0.6 is 0 Å². The Kier molecular flexibility index (Phi) is 13.9. The van der Waals surface area contributed by atoms with Gasteiger partial charge in [-0.3, -0.25) is 4.79 Å². The lowest BCUT2D eigenvalue weighted by Crippen LogP contribution is -2.22. The number of ether oxygens (including phenoxy) is 3. The van der Waals surface area contributed by atoms with E-state index in [1.165, 1.54) is 37.5 Å². The standard InChI is InChI=1S/C38H41FN2O10/c1-25(2)40-32-9-5-4-8-31(32)38(27-12-14-28(39)15-13-27)33(40)17-16-29(42)23-30(43)24-37(45)51-34-18-10-26(22-35(34)48-3)11-19-36(44)49-20-6-7-21-50-41(46)47/h4-5,8-19,22,25,29-30,42-43H,6-7,20-21,23-24H2,1-3H3/t29-,30-/m1/s1. The highest BCUT2D eigenvalue weighted by atomic mass is 19.1. The Labute approximate surface area is 294 Å². The van der Waals surface area contributed by atoms with Crippen molar-refractivity contribution in [3.05, 3.63) is 106 Å². The summed E-state index contributed by atoms with van der Waals surface area (Å²) < 4.78 is 31.7. The van der Waals surface area contributed by atoms with E-state index in [4.69, 9.17) is 14.2 Å². The number of nitrogens with zero attached hydrogens (tertiary/aromatic N) is 2. The first kappa shape index (κ1) is 38.3. The summed E-state index contributed by atoms with van der Waals surface area (Å²) >= 11 is 0. The molecule has 0 amide bonds. The van der Waals surface area contributed by atoms with Crippen LogP contribution in [-0.2, 0) is 19.2 Å². The lowest BCUT2D eigenvalue weighted by molar-refractivity contribution is -0.757. The van der Waals surface area contributed by atoms with Crippen molar-refractivity contribution < 1.29 is 48.3 Å². The van der Waals surface area contributed by atoms with E-state index in [9.17, 15) is 34.3 Å². The van der Waals surface area contributed by atoms with E-state index in [-0.39, 0.29) is 43.0 Å². The number of hydrogen-bond donors (Lipinski definition) is 2. The number of carbonyl (C=O) groups excluding carboxylic acids is 2. The molecule has 0 aliphatic heterocycles. The van der Waals surface area contributed by atoms with Crippen LogP contribution in [0, 0.1) is 15.9 Å². The largest absolute Gasteiger partial charge is 0.493 e. The Morgan fingerprint density at radius 1 is 0.980 bits per heavy atom. The van der Waals surface area contributed by atoms with Crippen molar-refractivity contribution in [1.82, 2.24) is 4.57 Å². The van der Waals surface area contributed by atoms with Gasteiger partial charge in [-0.2, -0.15) is 0 Å². The Balaban J connectivity index is 1.35. The number of unbranched alkanes of at least 4 members (excludes halogenated alkanes) is 1. The summed E-state index contributed by atoms with van der Waals surface area (Å²) in [6.45, 7) is 4.09. The Bertz CT molecular complexity index is 1870. The summed E-state index contributed by atoms with van der Waals surface area (Å²) in [5.74, 6) is -1.39. The smallest absolute Gasteiger partial charge is 0.330 e. The van der Waals surface area contributed by atoms with Crippen LogP contribution in [0.1, 0.15) is 56.8 Å². The molecule has 0 aliphatic rings. The van der Waals surface area contributed by atoms with E-state index in [0.717, 1.165) is 27.7 Å². The first-order valence-corrected chi connectivity index (χ1v) is 16.4. The minimum Gasteiger partial charge on any atom is -0.493 e. The van der Waals surface area contributed by atoms with Crippen LogP contribution in [0.2, 0.25) is 0 Å². The molecule has 13 heteroatoms. The van der Waals surface area contributed by atoms with Gasteiger partial charge in [-0.25, -0.2) is 9.18 Å². The third kappa shape index (κ3) is 11.0. The molecule has 0 radical (unpaired) electrons. The van der Waals surface area contributed by atoms with Crippen molar-refractivity contribution in [3.63, 3.8) is 0 Å². The molecule has 0 saturated heterocycles. The highest BCUT2D eigenvalue weighted by Gasteiger charge is 2.21. The normalized spacial score (nSPS) is 12.8. The lowest BCUT2D eigenvalue weighted by Gasteiger charge is -2.16. The second-order valence-corrected chi connectivity index (χ2v) is 11.9. The quantitative estimate of drug-likeness (QED) is 0.0285. The third-order valence-corrected chi connectivity index (χ3v) is 7.79. The molecule has 1 heterocycles. The zero-order valence-electron chi connectivity index (χ0n) is 28.6. The zero-order chi connectivity index (χ0) is 36.9. The summed E-state index contributed by atoms with van der Waals surface area (Å²) in [4.78, 5) is 39.0. The number of methoxy groups -OCH3 is 1. The molecule has 12 nitrogen and oxygen atoms in total. The molecule has 4 rings (SSSR count). The van der Waals surface area contributed by atoms with Crippen LogP contribution in [0.4, 0.5) is 4.39 Å². The van der Waals surface area contributed by atoms with Crippen molar-refractivity contribution in [1.29, 1.82) is 0 Å². The molecule has 2 atom stereocenters. The van der Waals surface area contributed by atoms with Gasteiger partial charge in [0, 0.05) is 40.7 Å². The average Bonchev–Trinajstić information content (AvgIpc) is 3.43. The summed E-state index contributed by atoms with van der Waals surface area (Å²) in [6, 6.07) is 18.8. The van der Waals surface area contributed by atoms with Crippen molar-refractivity contribution >= 4 is 35.0 Å². The molecule has 1 aromatic heterocycles. The predicted molar refractivity (Wildman–Crippen MR) is 189 cm³/mol. The molecule has 0 saturated carbocycles. The molecule has 0 spiro atoms. The second-order valence-electron chi connectivity index (χ2n) is 11.9. The molecule has 4 aromatic rings. The van der Waals surface area contributed by atoms with Gasteiger partial charge in [0.2, 0.25) is 0 Å². The Morgan fingerprint density at radius 2 is 1.71 bits per heavy atom. The second kappa shape index (κ2) is 18.5. The van der Waals surface area contributed by atoms with Gasteiger partial charge in [0.25, 0.3) is 5.09 Å². The Hall–Kier alpha value is -5.53. The number of fused-ring (bicyclic) bond motifs is 1. The SMILES string of the molecule is COc1cc(C=CC(=O)OCCCCO[N+](=O)[O-])ccc1OC(=O)C[C@H](O)C[C@H](O)C=Cc1c(-c2ccc(F)cc2)c2ccccc2n1C(C)C. The van der Waals surface area contributed by atoms with Crippen LogP contribution in [0.25, 0.3) is 34.2 Å². The molecule has 270 valence electrons. The minimum atomic E-state index is -1.22. The number of rotatable bonds is 18. The maximum atomic E-state index is 13.8. The monoisotopic (exact) mass is 704 g/mol. The fraction of sp³-hybridized carbons (Fsp3) is 0.316. The van der Waals surface area contributed by atoms with E-state index in [2.05, 4.69) is 9.40 Å². The first-order chi connectivity index (χ1) is 24.5. The predicted octanol–water partition coefficient (Wildman–Crippen LogP) is 6.70. The molecule has 0 fully saturated rings. The molecular formula is C38H41FN2O10. The molecule has 2 N–H and O–H groups in total. The van der Waals surface area contributed by atoms with Gasteiger partial charge in [0.05, 0.1) is 39.0 Å². The molecule has 0 aliphatic carbocycles. The van der Waals surface area contributed by atoms with E-state index in [1.54, 1.807) is 36.4 Å². The van der Waals surface area contributed by atoms with E-state index >= 15 is 0 Å². The number of halogens is 1. The molecule has 51 heavy (non-hydrogen) atoms. The number of para-hydroxylation sites is 1. The minimum absolute atomic E-state index is 0.0630. The van der Waals surface area contributed by atoms with E-state index < -0.39 is 35.7 Å². The van der Waals surface area contributed by atoms with Gasteiger partial charge in [0.1, 0.15) is 5.82 Å². The molecule has 0 bridgehead atoms. The highest BCUT2D eigenvalue weighted by Crippen LogP contribution is 2.38. The van der Waals surface area contributed by atoms with Crippen LogP contribution in [-0.4, -0.2) is 64.3 Å². The van der Waals surface area contributed by atoms with Gasteiger partial charge in [-0.1, -0.05) is 42.5 Å². The summed E-state index contributed by atoms with van der Waals surface area (Å²) in [5, 5.41) is 31.7. The van der Waals surface area contributed by atoms with Crippen LogP contribution in [0.5, 0.6) is 11.5 Å². The summed E-state index contributed by atoms with van der Waals surface area (Å²) in [5.41, 5.74) is 4.05. The van der Waals surface area contributed by atoms with Gasteiger partial charge in [-0.15, -0.1) is 10.1 Å². The van der Waals surface area contributed by atoms with Crippen LogP contribution in [0.15, 0.2) is 78.9 Å². The van der Waals surface area contributed by atoms with E-state index in [1.807, 2.05) is 38.1 Å². The maximum absolute atomic E-state index is 13.8. The summed E-state index contributed by atoms with van der Waals surface area (Å²) in [6.07, 6.45) is 3.94. The highest BCUT2D eigenvalue weighted by molar-refractivity contribution is 6.01. The van der Waals surface area contributed by atoms with Crippen molar-refractivity contribution in [2.24, 2.45) is 0 Å². The van der Waals surface area contributed by atoms with Crippen molar-refractivity contribution in [3.8, 4) is 22.6 Å². The zero-order valence-corrected chi connectivity index (χ0v) is 28.6. The van der Waals surface area contributed by atoms with Gasteiger partial charge < -0.3 is 33.8 Å². The summed E-state index contributed by atoms with van der Waals surface area (Å²) in [7, 11) is 1.38. The average molecular weight is 705 g/mol. The number of carbonyl (C=O) groups is 2. The van der Waals surface area contributed by atoms with Gasteiger partial charge >= 0.3 is 11.9 Å². The molecule has 3 aromatic carbocycles. The fourth-order valence-electron chi connectivity index (χ4n) is 5.52. The Morgan fingerprint density at radius 3 is 2.41 bits per heavy atom. The van der Waals surface area contributed by atoms with Crippen molar-refractivity contribution in [2.75, 3.05) is 20.3 Å². The molecule has 0 unspecified atom stereocenters. The van der Waals surface area contributed by atoms with Gasteiger partial charge in [-0.05, 0) is 80.3 Å². The number of aromatic nitrogens is 1. The number of benzene rings is 3. The van der Waals surface area contributed by atoms with E-state index in [0.29, 0.717) is 18.4 Å². The van der Waals surface area contributed by atoms with Crippen LogP contribution in [0.3, 0.4) is 0 Å². The topological polar surface area (TPSA) is 160 Å². The first-order valence-electron chi connectivity index (χ1n) is 16.4. The number of esters is 2. The number of aliphatic hydroxyl groups is 2. The third-order valence-electron chi connectivity index (χ3n) is 7.79. The fourth-order valence-corrected chi connectivity index (χ4v) is 5.52. The molecular weight excluding hydrogens is 663 g/mol.